The third-order valence-corrected chi connectivity index (χ3v) is 5.61. The number of carbonyl (C=O) groups is 2. The number of ketones is 1. The van der Waals surface area contributed by atoms with E-state index in [1.807, 2.05) is 54.6 Å². The number of amides is 1. The van der Waals surface area contributed by atoms with Gasteiger partial charge in [0.2, 0.25) is 5.91 Å². The molecule has 0 radical (unpaired) electrons. The highest BCUT2D eigenvalue weighted by Crippen LogP contribution is 2.35. The van der Waals surface area contributed by atoms with Crippen LogP contribution in [-0.4, -0.2) is 21.7 Å². The Labute approximate surface area is 172 Å². The van der Waals surface area contributed by atoms with Gasteiger partial charge < -0.3 is 10.3 Å². The van der Waals surface area contributed by atoms with Gasteiger partial charge in [0.05, 0.1) is 11.0 Å². The summed E-state index contributed by atoms with van der Waals surface area (Å²) < 4.78 is 0. The maximum Gasteiger partial charge on any atom is 0.242 e. The summed E-state index contributed by atoms with van der Waals surface area (Å²) in [6, 6.07) is 24.3. The molecule has 144 valence electrons. The molecule has 2 N–H and O–H groups in total. The quantitative estimate of drug-likeness (QED) is 0.342. The Morgan fingerprint density at radius 1 is 0.966 bits per heavy atom. The summed E-state index contributed by atoms with van der Waals surface area (Å²) >= 11 is 1.36. The minimum absolute atomic E-state index is 0.0441. The van der Waals surface area contributed by atoms with Crippen LogP contribution in [0.15, 0.2) is 84.0 Å². The summed E-state index contributed by atoms with van der Waals surface area (Å²) in [7, 11) is 0. The van der Waals surface area contributed by atoms with E-state index in [-0.39, 0.29) is 11.7 Å². The number of nitrogens with one attached hydrogen (secondary N) is 2. The number of benzene rings is 3. The van der Waals surface area contributed by atoms with Crippen LogP contribution in [0.25, 0.3) is 11.0 Å². The first-order chi connectivity index (χ1) is 14.1. The number of imidazole rings is 1. The van der Waals surface area contributed by atoms with Crippen molar-refractivity contribution < 1.29 is 9.59 Å². The highest BCUT2D eigenvalue weighted by Gasteiger charge is 2.24. The minimum Gasteiger partial charge on any atom is -0.333 e. The minimum atomic E-state index is -0.502. The van der Waals surface area contributed by atoms with E-state index < -0.39 is 5.25 Å². The fourth-order valence-corrected chi connectivity index (χ4v) is 4.02. The average Bonchev–Trinajstić information content (AvgIpc) is 3.15. The Morgan fingerprint density at radius 3 is 2.48 bits per heavy atom. The number of rotatable bonds is 6. The van der Waals surface area contributed by atoms with E-state index in [4.69, 9.17) is 0 Å². The van der Waals surface area contributed by atoms with Crippen molar-refractivity contribution >= 4 is 40.2 Å². The zero-order chi connectivity index (χ0) is 20.2. The number of Topliss-reactive ketones (excluding diaryl/α,β-unsaturated/α-hetero) is 1. The Bertz CT molecular complexity index is 1140. The molecule has 29 heavy (non-hydrogen) atoms. The highest BCUT2D eigenvalue weighted by atomic mass is 32.2. The summed E-state index contributed by atoms with van der Waals surface area (Å²) in [6.45, 7) is 1.51. The summed E-state index contributed by atoms with van der Waals surface area (Å²) in [4.78, 5) is 32.6. The van der Waals surface area contributed by atoms with Crippen molar-refractivity contribution in [1.29, 1.82) is 0 Å². The van der Waals surface area contributed by atoms with Gasteiger partial charge in [-0.3, -0.25) is 9.59 Å². The van der Waals surface area contributed by atoms with E-state index in [0.717, 1.165) is 16.6 Å². The molecule has 5 nitrogen and oxygen atoms in total. The van der Waals surface area contributed by atoms with Gasteiger partial charge in [-0.25, -0.2) is 4.98 Å². The fraction of sp³-hybridized carbons (Fsp3) is 0.0870. The molecule has 1 aromatic heterocycles. The van der Waals surface area contributed by atoms with Gasteiger partial charge >= 0.3 is 0 Å². The number of anilines is 1. The smallest absolute Gasteiger partial charge is 0.242 e. The van der Waals surface area contributed by atoms with E-state index >= 15 is 0 Å². The van der Waals surface area contributed by atoms with Crippen molar-refractivity contribution in [2.24, 2.45) is 0 Å². The van der Waals surface area contributed by atoms with E-state index in [2.05, 4.69) is 15.3 Å². The molecule has 1 atom stereocenters. The molecule has 1 amide bonds. The number of aromatic amines is 1. The zero-order valence-corrected chi connectivity index (χ0v) is 16.6. The normalized spacial score (nSPS) is 11.9. The number of carbonyl (C=O) groups excluding carboxylic acids is 2. The second kappa shape index (κ2) is 8.32. The lowest BCUT2D eigenvalue weighted by molar-refractivity contribution is -0.115. The molecule has 0 spiro atoms. The number of thioether (sulfide) groups is 1. The molecule has 0 aliphatic carbocycles. The van der Waals surface area contributed by atoms with Crippen molar-refractivity contribution in [1.82, 2.24) is 9.97 Å². The lowest BCUT2D eigenvalue weighted by atomic mass is 10.1. The van der Waals surface area contributed by atoms with Crippen molar-refractivity contribution in [3.63, 3.8) is 0 Å². The summed E-state index contributed by atoms with van der Waals surface area (Å²) in [6.07, 6.45) is 0. The molecule has 0 aliphatic rings. The third kappa shape index (κ3) is 4.38. The van der Waals surface area contributed by atoms with E-state index in [9.17, 15) is 9.59 Å². The zero-order valence-electron chi connectivity index (χ0n) is 15.8. The van der Waals surface area contributed by atoms with Crippen LogP contribution in [0.3, 0.4) is 0 Å². The number of para-hydroxylation sites is 2. The Morgan fingerprint density at radius 2 is 1.72 bits per heavy atom. The molecule has 0 saturated carbocycles. The molecule has 0 unspecified atom stereocenters. The van der Waals surface area contributed by atoms with Crippen LogP contribution in [0.4, 0.5) is 5.69 Å². The third-order valence-electron chi connectivity index (χ3n) is 4.47. The topological polar surface area (TPSA) is 74.8 Å². The molecule has 0 fully saturated rings. The maximum absolute atomic E-state index is 13.2. The monoisotopic (exact) mass is 401 g/mol. The molecular weight excluding hydrogens is 382 g/mol. The van der Waals surface area contributed by atoms with Gasteiger partial charge in [-0.05, 0) is 36.8 Å². The predicted octanol–water partition coefficient (Wildman–Crippen LogP) is 5.24. The van der Waals surface area contributed by atoms with Gasteiger partial charge in [0, 0.05) is 11.3 Å². The molecule has 0 saturated heterocycles. The largest absolute Gasteiger partial charge is 0.333 e. The van der Waals surface area contributed by atoms with E-state index in [1.54, 1.807) is 24.3 Å². The second-order valence-electron chi connectivity index (χ2n) is 6.59. The van der Waals surface area contributed by atoms with Crippen LogP contribution in [0.2, 0.25) is 0 Å². The summed E-state index contributed by atoms with van der Waals surface area (Å²) in [5, 5.41) is 3.11. The van der Waals surface area contributed by atoms with Gasteiger partial charge in [0.25, 0.3) is 0 Å². The Balaban J connectivity index is 1.62. The van der Waals surface area contributed by atoms with Crippen LogP contribution in [0.1, 0.15) is 28.1 Å². The Hall–Kier alpha value is -3.38. The molecule has 4 rings (SSSR count). The average molecular weight is 401 g/mol. The van der Waals surface area contributed by atoms with Crippen LogP contribution < -0.4 is 5.32 Å². The molecule has 3 aromatic carbocycles. The van der Waals surface area contributed by atoms with Crippen LogP contribution >= 0.6 is 11.8 Å². The first-order valence-corrected chi connectivity index (χ1v) is 10.1. The number of nitrogens with zero attached hydrogens (tertiary/aromatic N) is 1. The maximum atomic E-state index is 13.2. The van der Waals surface area contributed by atoms with Crippen LogP contribution in [0, 0.1) is 0 Å². The highest BCUT2D eigenvalue weighted by molar-refractivity contribution is 8.00. The molecule has 0 bridgehead atoms. The lowest BCUT2D eigenvalue weighted by Crippen LogP contribution is -2.19. The number of hydrogen-bond acceptors (Lipinski definition) is 4. The van der Waals surface area contributed by atoms with E-state index in [0.29, 0.717) is 16.4 Å². The van der Waals surface area contributed by atoms with E-state index in [1.165, 1.54) is 18.7 Å². The van der Waals surface area contributed by atoms with Gasteiger partial charge in [0.1, 0.15) is 5.25 Å². The second-order valence-corrected chi connectivity index (χ2v) is 7.69. The number of H-pyrrole nitrogens is 1. The van der Waals surface area contributed by atoms with Crippen molar-refractivity contribution in [2.75, 3.05) is 5.32 Å². The van der Waals surface area contributed by atoms with Gasteiger partial charge in [-0.1, -0.05) is 66.4 Å². The molecule has 0 aliphatic heterocycles. The molecular formula is C23H19N3O2S. The lowest BCUT2D eigenvalue weighted by Gasteiger charge is -2.16. The predicted molar refractivity (Wildman–Crippen MR) is 116 cm³/mol. The first-order valence-electron chi connectivity index (χ1n) is 9.18. The Kier molecular flexibility index (Phi) is 5.44. The van der Waals surface area contributed by atoms with Crippen LogP contribution in [-0.2, 0) is 4.79 Å². The first kappa shape index (κ1) is 19.0. The summed E-state index contributed by atoms with van der Waals surface area (Å²) in [5.41, 5.74) is 3.81. The van der Waals surface area contributed by atoms with Crippen LogP contribution in [0.5, 0.6) is 0 Å². The van der Waals surface area contributed by atoms with Gasteiger partial charge in [0.15, 0.2) is 10.9 Å². The standard InChI is InChI=1S/C23H19N3O2S/c1-15(27)17-10-7-11-18(14-17)24-22(28)21(16-8-3-2-4-9-16)29-23-25-19-12-5-6-13-20(19)26-23/h2-14,21H,1H3,(H,24,28)(H,25,26)/t21-/m1/s1. The van der Waals surface area contributed by atoms with Crippen molar-refractivity contribution in [3.05, 3.63) is 90.0 Å². The number of aromatic nitrogens is 2. The molecule has 4 aromatic rings. The van der Waals surface area contributed by atoms with Gasteiger partial charge in [-0.15, -0.1) is 0 Å². The molecule has 6 heteroatoms. The number of hydrogen-bond donors (Lipinski definition) is 2. The summed E-state index contributed by atoms with van der Waals surface area (Å²) in [5.74, 6) is -0.222. The molecule has 1 heterocycles. The van der Waals surface area contributed by atoms with Gasteiger partial charge in [-0.2, -0.15) is 0 Å². The SMILES string of the molecule is CC(=O)c1cccc(NC(=O)[C@H](Sc2nc3ccccc3[nH]2)c2ccccc2)c1. The van der Waals surface area contributed by atoms with Crippen molar-refractivity contribution in [2.45, 2.75) is 17.3 Å². The van der Waals surface area contributed by atoms with Crippen molar-refractivity contribution in [3.8, 4) is 0 Å². The fourth-order valence-electron chi connectivity index (χ4n) is 3.02. The number of fused-ring (bicyclic) bond motifs is 1.